The Morgan fingerprint density at radius 1 is 1.08 bits per heavy atom. The molecule has 0 bridgehead atoms. The van der Waals surface area contributed by atoms with Gasteiger partial charge < -0.3 is 0 Å². The van der Waals surface area contributed by atoms with Gasteiger partial charge in [0.2, 0.25) is 0 Å². The number of nitrogens with zero attached hydrogens (tertiary/aromatic N) is 1. The molecule has 2 N–H and O–H groups in total. The lowest BCUT2D eigenvalue weighted by Crippen LogP contribution is -2.14. The van der Waals surface area contributed by atoms with Crippen molar-refractivity contribution in [2.75, 3.05) is 4.72 Å². The minimum absolute atomic E-state index is 0.314. The van der Waals surface area contributed by atoms with Gasteiger partial charge >= 0.3 is 0 Å². The summed E-state index contributed by atoms with van der Waals surface area (Å²) in [6.07, 6.45) is 0.914. The molecular formula is C19H23N3O2S2. The van der Waals surface area contributed by atoms with Gasteiger partial charge in [0.15, 0.2) is 0 Å². The van der Waals surface area contributed by atoms with Crippen molar-refractivity contribution in [3.63, 3.8) is 0 Å². The van der Waals surface area contributed by atoms with E-state index in [1.807, 2.05) is 39.8 Å². The van der Waals surface area contributed by atoms with E-state index in [9.17, 15) is 8.42 Å². The number of hydrogen-bond donors (Lipinski definition) is 2. The van der Waals surface area contributed by atoms with Crippen molar-refractivity contribution in [1.29, 1.82) is 0 Å². The van der Waals surface area contributed by atoms with Crippen molar-refractivity contribution in [3.05, 3.63) is 50.8 Å². The van der Waals surface area contributed by atoms with Crippen molar-refractivity contribution in [2.24, 2.45) is 0 Å². The summed E-state index contributed by atoms with van der Waals surface area (Å²) in [5.41, 5.74) is 5.02. The van der Waals surface area contributed by atoms with E-state index >= 15 is 0 Å². The molecule has 7 heteroatoms. The van der Waals surface area contributed by atoms with Crippen LogP contribution in [0, 0.1) is 27.7 Å². The molecule has 0 amide bonds. The molecule has 3 aromatic rings. The second-order valence-corrected chi connectivity index (χ2v) is 9.44. The third kappa shape index (κ3) is 3.29. The van der Waals surface area contributed by atoms with Gasteiger partial charge in [-0.2, -0.15) is 5.10 Å². The molecule has 2 heterocycles. The van der Waals surface area contributed by atoms with Crippen molar-refractivity contribution < 1.29 is 8.42 Å². The lowest BCUT2D eigenvalue weighted by Gasteiger charge is -2.11. The van der Waals surface area contributed by atoms with E-state index in [-0.39, 0.29) is 0 Å². The predicted molar refractivity (Wildman–Crippen MR) is 107 cm³/mol. The second kappa shape index (κ2) is 6.89. The fourth-order valence-corrected chi connectivity index (χ4v) is 5.92. The summed E-state index contributed by atoms with van der Waals surface area (Å²) in [6.45, 7) is 9.73. The van der Waals surface area contributed by atoms with E-state index in [0.29, 0.717) is 21.8 Å². The number of aromatic amines is 1. The molecule has 0 aliphatic rings. The first-order chi connectivity index (χ1) is 12.2. The summed E-state index contributed by atoms with van der Waals surface area (Å²) >= 11 is 1.48. The highest BCUT2D eigenvalue weighted by Crippen LogP contribution is 2.40. The summed E-state index contributed by atoms with van der Waals surface area (Å²) < 4.78 is 29.0. The highest BCUT2D eigenvalue weighted by Gasteiger charge is 2.28. The zero-order valence-electron chi connectivity index (χ0n) is 15.6. The molecule has 138 valence electrons. The zero-order chi connectivity index (χ0) is 19.1. The van der Waals surface area contributed by atoms with E-state index in [1.165, 1.54) is 16.9 Å². The fourth-order valence-electron chi connectivity index (χ4n) is 3.00. The van der Waals surface area contributed by atoms with E-state index < -0.39 is 10.0 Å². The van der Waals surface area contributed by atoms with Crippen LogP contribution < -0.4 is 4.72 Å². The van der Waals surface area contributed by atoms with Gasteiger partial charge in [0.25, 0.3) is 10.0 Å². The number of aromatic nitrogens is 2. The number of aryl methyl sites for hydroxylation is 4. The second-order valence-electron chi connectivity index (χ2n) is 6.40. The Morgan fingerprint density at radius 3 is 2.27 bits per heavy atom. The first-order valence-electron chi connectivity index (χ1n) is 8.48. The van der Waals surface area contributed by atoms with Crippen LogP contribution in [0.5, 0.6) is 0 Å². The van der Waals surface area contributed by atoms with Gasteiger partial charge in [-0.05, 0) is 57.4 Å². The topological polar surface area (TPSA) is 74.8 Å². The number of anilines is 1. The maximum atomic E-state index is 13.2. The van der Waals surface area contributed by atoms with Crippen LogP contribution >= 0.6 is 11.3 Å². The number of rotatable bonds is 5. The van der Waals surface area contributed by atoms with Gasteiger partial charge in [0.05, 0.1) is 5.69 Å². The maximum Gasteiger partial charge on any atom is 0.263 e. The third-order valence-electron chi connectivity index (χ3n) is 4.58. The molecule has 5 nitrogen and oxygen atoms in total. The van der Waals surface area contributed by atoms with Crippen molar-refractivity contribution >= 4 is 27.0 Å². The Hall–Kier alpha value is -2.12. The quantitative estimate of drug-likeness (QED) is 0.662. The normalized spacial score (nSPS) is 11.7. The van der Waals surface area contributed by atoms with E-state index in [0.717, 1.165) is 27.4 Å². The molecule has 0 radical (unpaired) electrons. The molecular weight excluding hydrogens is 366 g/mol. The molecule has 0 atom stereocenters. The Bertz CT molecular complexity index is 1050. The Morgan fingerprint density at radius 2 is 1.73 bits per heavy atom. The average Bonchev–Trinajstić information content (AvgIpc) is 3.07. The Labute approximate surface area is 158 Å². The first-order valence-corrected chi connectivity index (χ1v) is 10.8. The van der Waals surface area contributed by atoms with Crippen LogP contribution in [0.25, 0.3) is 11.3 Å². The van der Waals surface area contributed by atoms with Gasteiger partial charge in [-0.25, -0.2) is 8.42 Å². The minimum Gasteiger partial charge on any atom is -0.282 e. The summed E-state index contributed by atoms with van der Waals surface area (Å²) in [6, 6.07) is 7.47. The van der Waals surface area contributed by atoms with Crippen molar-refractivity contribution in [1.82, 2.24) is 10.2 Å². The number of benzene rings is 1. The van der Waals surface area contributed by atoms with Crippen molar-refractivity contribution in [2.45, 2.75) is 45.9 Å². The van der Waals surface area contributed by atoms with Gasteiger partial charge in [0, 0.05) is 26.7 Å². The molecule has 0 spiro atoms. The molecule has 0 saturated heterocycles. The average molecular weight is 390 g/mol. The molecule has 2 aromatic heterocycles. The summed E-state index contributed by atoms with van der Waals surface area (Å²) in [4.78, 5) is 2.02. The van der Waals surface area contributed by atoms with Crippen LogP contribution in [0.1, 0.15) is 33.5 Å². The Balaban J connectivity index is 2.09. The molecule has 0 aliphatic carbocycles. The fraction of sp³-hybridized carbons (Fsp3) is 0.316. The third-order valence-corrected chi connectivity index (χ3v) is 7.28. The zero-order valence-corrected chi connectivity index (χ0v) is 17.2. The van der Waals surface area contributed by atoms with Crippen LogP contribution in [0.15, 0.2) is 29.2 Å². The molecule has 26 heavy (non-hydrogen) atoms. The van der Waals surface area contributed by atoms with Crippen LogP contribution in [0.2, 0.25) is 0 Å². The van der Waals surface area contributed by atoms with Crippen LogP contribution in [-0.2, 0) is 16.4 Å². The lowest BCUT2D eigenvalue weighted by atomic mass is 10.1. The number of hydrogen-bond acceptors (Lipinski definition) is 4. The van der Waals surface area contributed by atoms with Crippen LogP contribution in [-0.4, -0.2) is 18.6 Å². The molecule has 0 fully saturated rings. The highest BCUT2D eigenvalue weighted by molar-refractivity contribution is 7.93. The Kier molecular flexibility index (Phi) is 4.94. The van der Waals surface area contributed by atoms with Gasteiger partial charge in [-0.15, -0.1) is 11.3 Å². The summed E-state index contributed by atoms with van der Waals surface area (Å²) in [7, 11) is -3.72. The number of nitrogens with one attached hydrogen (secondary N) is 2. The van der Waals surface area contributed by atoms with Crippen LogP contribution in [0.4, 0.5) is 5.69 Å². The molecule has 1 aromatic carbocycles. The highest BCUT2D eigenvalue weighted by atomic mass is 32.2. The van der Waals surface area contributed by atoms with Gasteiger partial charge in [-0.3, -0.25) is 9.82 Å². The van der Waals surface area contributed by atoms with Crippen LogP contribution in [0.3, 0.4) is 0 Å². The number of sulfonamides is 1. The largest absolute Gasteiger partial charge is 0.282 e. The molecule has 0 unspecified atom stereocenters. The molecule has 3 rings (SSSR count). The van der Waals surface area contributed by atoms with Crippen molar-refractivity contribution in [3.8, 4) is 11.3 Å². The minimum atomic E-state index is -3.72. The monoisotopic (exact) mass is 389 g/mol. The SMILES string of the molecule is CCc1ccc(NS(=O)(=O)c2c(C)sc(C)c2-c2n[nH]c(C)c2C)cc1. The van der Waals surface area contributed by atoms with Gasteiger partial charge in [0.1, 0.15) is 4.90 Å². The summed E-state index contributed by atoms with van der Waals surface area (Å²) in [5, 5.41) is 7.31. The molecule has 0 saturated carbocycles. The van der Waals surface area contributed by atoms with E-state index in [4.69, 9.17) is 0 Å². The van der Waals surface area contributed by atoms with E-state index in [2.05, 4.69) is 21.8 Å². The van der Waals surface area contributed by atoms with Gasteiger partial charge in [-0.1, -0.05) is 19.1 Å². The smallest absolute Gasteiger partial charge is 0.263 e. The molecule has 0 aliphatic heterocycles. The number of H-pyrrole nitrogens is 1. The summed E-state index contributed by atoms with van der Waals surface area (Å²) in [5.74, 6) is 0. The predicted octanol–water partition coefficient (Wildman–Crippen LogP) is 4.74. The first kappa shape index (κ1) is 18.7. The maximum absolute atomic E-state index is 13.2. The number of thiophene rings is 1. The van der Waals surface area contributed by atoms with E-state index in [1.54, 1.807) is 12.1 Å². The standard InChI is InChI=1S/C19H23N3O2S2/c1-6-15-7-9-16(10-8-15)22-26(23,24)19-14(5)25-13(4)17(19)18-11(2)12(3)20-21-18/h7-10,22H,6H2,1-5H3,(H,20,21). The lowest BCUT2D eigenvalue weighted by molar-refractivity contribution is 0.601.